The first-order valence-electron chi connectivity index (χ1n) is 10.2. The van der Waals surface area contributed by atoms with Gasteiger partial charge in [0.25, 0.3) is 6.43 Å². The number of thioether (sulfide) groups is 1. The molecule has 3 aromatic rings. The second-order valence-corrected chi connectivity index (χ2v) is 8.29. The molecule has 0 N–H and O–H groups in total. The molecule has 7 nitrogen and oxygen atoms in total. The number of benzene rings is 1. The number of alkyl halides is 2. The first-order chi connectivity index (χ1) is 15.8. The smallest absolute Gasteiger partial charge is 0.326 e. The van der Waals surface area contributed by atoms with Crippen LogP contribution in [0.4, 0.5) is 14.6 Å². The standard InChI is InChI=1S/C22H24ClF2N3O4S/c1-4-32-18(29)12-28-19-13(5-7-15(23)21(19)33-3)20(30)14-6-8-17(26-22(14)28)27(9-10-31-2)11-16(24)25/h5-8,16H,4,9-12H2,1-3H3. The molecule has 0 saturated heterocycles. The highest BCUT2D eigenvalue weighted by molar-refractivity contribution is 7.99. The highest BCUT2D eigenvalue weighted by atomic mass is 35.5. The van der Waals surface area contributed by atoms with Gasteiger partial charge in [-0.1, -0.05) is 11.6 Å². The van der Waals surface area contributed by atoms with Gasteiger partial charge in [-0.2, -0.15) is 0 Å². The minimum Gasteiger partial charge on any atom is -0.465 e. The molecule has 2 aromatic heterocycles. The highest BCUT2D eigenvalue weighted by Crippen LogP contribution is 2.34. The molecule has 0 fully saturated rings. The van der Waals surface area contributed by atoms with Crippen LogP contribution in [-0.2, 0) is 20.8 Å². The molecule has 0 aliphatic heterocycles. The van der Waals surface area contributed by atoms with E-state index in [1.54, 1.807) is 29.7 Å². The Labute approximate surface area is 198 Å². The molecule has 0 radical (unpaired) electrons. The lowest BCUT2D eigenvalue weighted by Gasteiger charge is -2.24. The van der Waals surface area contributed by atoms with Crippen LogP contribution in [0.15, 0.2) is 34.0 Å². The molecule has 0 saturated carbocycles. The summed E-state index contributed by atoms with van der Waals surface area (Å²) < 4.78 is 38.2. The molecule has 0 bridgehead atoms. The molecule has 178 valence electrons. The monoisotopic (exact) mass is 499 g/mol. The van der Waals surface area contributed by atoms with Gasteiger partial charge >= 0.3 is 5.97 Å². The van der Waals surface area contributed by atoms with E-state index in [4.69, 9.17) is 21.1 Å². The van der Waals surface area contributed by atoms with Gasteiger partial charge < -0.3 is 18.9 Å². The summed E-state index contributed by atoms with van der Waals surface area (Å²) in [6, 6.07) is 6.30. The second kappa shape index (κ2) is 11.1. The Kier molecular flexibility index (Phi) is 8.50. The van der Waals surface area contributed by atoms with Crippen LogP contribution in [0, 0.1) is 0 Å². The summed E-state index contributed by atoms with van der Waals surface area (Å²) in [5.74, 6) is -0.282. The molecular weight excluding hydrogens is 476 g/mol. The normalized spacial score (nSPS) is 11.5. The summed E-state index contributed by atoms with van der Waals surface area (Å²) in [6.07, 6.45) is -0.789. The van der Waals surface area contributed by atoms with Crippen LogP contribution in [0.25, 0.3) is 21.9 Å². The number of anilines is 1. The predicted octanol–water partition coefficient (Wildman–Crippen LogP) is 4.21. The summed E-state index contributed by atoms with van der Waals surface area (Å²) in [5, 5.41) is 1.05. The molecule has 11 heteroatoms. The maximum atomic E-state index is 13.3. The lowest BCUT2D eigenvalue weighted by atomic mass is 10.1. The summed E-state index contributed by atoms with van der Waals surface area (Å²) >= 11 is 7.72. The fourth-order valence-corrected chi connectivity index (χ4v) is 4.66. The quantitative estimate of drug-likeness (QED) is 0.235. The van der Waals surface area contributed by atoms with Gasteiger partial charge in [0.2, 0.25) is 0 Å². The van der Waals surface area contributed by atoms with Gasteiger partial charge in [-0.15, -0.1) is 11.8 Å². The van der Waals surface area contributed by atoms with Crippen LogP contribution in [0.2, 0.25) is 5.02 Å². The van der Waals surface area contributed by atoms with Gasteiger partial charge in [-0.3, -0.25) is 9.59 Å². The molecule has 0 aliphatic rings. The van der Waals surface area contributed by atoms with Gasteiger partial charge in [0.05, 0.1) is 40.6 Å². The lowest BCUT2D eigenvalue weighted by molar-refractivity contribution is -0.143. The predicted molar refractivity (Wildman–Crippen MR) is 127 cm³/mol. The minimum absolute atomic E-state index is 0.178. The number of fused-ring (bicyclic) bond motifs is 2. The third kappa shape index (κ3) is 5.39. The van der Waals surface area contributed by atoms with E-state index in [0.717, 1.165) is 0 Å². The van der Waals surface area contributed by atoms with Crippen molar-refractivity contribution in [3.63, 3.8) is 0 Å². The average molecular weight is 500 g/mol. The number of esters is 1. The number of aromatic nitrogens is 2. The fourth-order valence-electron chi connectivity index (χ4n) is 3.60. The molecule has 1 aromatic carbocycles. The van der Waals surface area contributed by atoms with Crippen molar-refractivity contribution in [1.29, 1.82) is 0 Å². The van der Waals surface area contributed by atoms with Gasteiger partial charge in [0.15, 0.2) is 5.43 Å². The van der Waals surface area contributed by atoms with Crippen molar-refractivity contribution in [2.24, 2.45) is 0 Å². The Morgan fingerprint density at radius 1 is 1.27 bits per heavy atom. The van der Waals surface area contributed by atoms with Crippen molar-refractivity contribution in [1.82, 2.24) is 9.55 Å². The Morgan fingerprint density at radius 2 is 2.00 bits per heavy atom. The molecule has 0 amide bonds. The number of carbonyl (C=O) groups is 1. The van der Waals surface area contributed by atoms with Crippen molar-refractivity contribution < 1.29 is 23.0 Å². The van der Waals surface area contributed by atoms with Crippen LogP contribution >= 0.6 is 23.4 Å². The zero-order valence-corrected chi connectivity index (χ0v) is 20.0. The third-order valence-electron chi connectivity index (χ3n) is 5.00. The van der Waals surface area contributed by atoms with E-state index in [-0.39, 0.29) is 48.6 Å². The SMILES string of the molecule is CCOC(=O)Cn1c2nc(N(CCOC)CC(F)F)ccc2c(=O)c2ccc(Cl)c(SC)c21. The molecule has 33 heavy (non-hydrogen) atoms. The third-order valence-corrected chi connectivity index (χ3v) is 6.25. The minimum atomic E-state index is -2.60. The van der Waals surface area contributed by atoms with Gasteiger partial charge in [-0.25, -0.2) is 13.8 Å². The van der Waals surface area contributed by atoms with Crippen LogP contribution in [0.5, 0.6) is 0 Å². The molecule has 0 unspecified atom stereocenters. The maximum Gasteiger partial charge on any atom is 0.326 e. The number of hydrogen-bond donors (Lipinski definition) is 0. The fraction of sp³-hybridized carbons (Fsp3) is 0.409. The highest BCUT2D eigenvalue weighted by Gasteiger charge is 2.21. The number of methoxy groups -OCH3 is 1. The van der Waals surface area contributed by atoms with Crippen molar-refractivity contribution >= 4 is 57.1 Å². The van der Waals surface area contributed by atoms with E-state index >= 15 is 0 Å². The molecule has 3 rings (SSSR count). The second-order valence-electron chi connectivity index (χ2n) is 7.07. The molecule has 0 aliphatic carbocycles. The van der Waals surface area contributed by atoms with Crippen LogP contribution in [0.1, 0.15) is 6.92 Å². The Morgan fingerprint density at radius 3 is 2.64 bits per heavy atom. The topological polar surface area (TPSA) is 73.7 Å². The summed E-state index contributed by atoms with van der Waals surface area (Å²) in [6.45, 7) is 1.49. The Hall–Kier alpha value is -2.43. The van der Waals surface area contributed by atoms with E-state index < -0.39 is 18.9 Å². The number of pyridine rings is 2. The van der Waals surface area contributed by atoms with Crippen LogP contribution < -0.4 is 10.3 Å². The zero-order valence-electron chi connectivity index (χ0n) is 18.4. The van der Waals surface area contributed by atoms with E-state index in [0.29, 0.717) is 20.8 Å². The summed E-state index contributed by atoms with van der Waals surface area (Å²) in [7, 11) is 1.48. The molecular formula is C22H24ClF2N3O4S. The number of ether oxygens (including phenoxy) is 2. The van der Waals surface area contributed by atoms with Crippen molar-refractivity contribution in [2.75, 3.05) is 44.6 Å². The maximum absolute atomic E-state index is 13.3. The van der Waals surface area contributed by atoms with E-state index in [1.807, 2.05) is 6.26 Å². The van der Waals surface area contributed by atoms with Crippen LogP contribution in [0.3, 0.4) is 0 Å². The van der Waals surface area contributed by atoms with Gasteiger partial charge in [-0.05, 0) is 37.4 Å². The summed E-state index contributed by atoms with van der Waals surface area (Å²) in [5.41, 5.74) is 0.346. The van der Waals surface area contributed by atoms with Crippen molar-refractivity contribution in [3.05, 3.63) is 39.5 Å². The Bertz CT molecular complexity index is 1220. The van der Waals surface area contributed by atoms with Crippen LogP contribution in [-0.4, -0.2) is 61.6 Å². The number of rotatable bonds is 10. The first kappa shape index (κ1) is 25.2. The first-order valence-corrected chi connectivity index (χ1v) is 11.8. The number of carbonyl (C=O) groups excluding carboxylic acids is 1. The van der Waals surface area contributed by atoms with E-state index in [2.05, 4.69) is 4.98 Å². The van der Waals surface area contributed by atoms with Crippen molar-refractivity contribution in [3.8, 4) is 0 Å². The molecule has 0 atom stereocenters. The van der Waals surface area contributed by atoms with Gasteiger partial charge in [0, 0.05) is 19.0 Å². The van der Waals surface area contributed by atoms with Crippen molar-refractivity contribution in [2.45, 2.75) is 24.8 Å². The van der Waals surface area contributed by atoms with E-state index in [9.17, 15) is 18.4 Å². The molecule has 0 spiro atoms. The number of halogens is 3. The van der Waals surface area contributed by atoms with E-state index in [1.165, 1.54) is 29.8 Å². The Balaban J connectivity index is 2.35. The number of hydrogen-bond acceptors (Lipinski definition) is 7. The number of nitrogens with zero attached hydrogens (tertiary/aromatic N) is 3. The van der Waals surface area contributed by atoms with Gasteiger partial charge in [0.1, 0.15) is 18.0 Å². The average Bonchev–Trinajstić information content (AvgIpc) is 2.78. The zero-order chi connectivity index (χ0) is 24.1. The summed E-state index contributed by atoms with van der Waals surface area (Å²) in [4.78, 5) is 32.3. The lowest BCUT2D eigenvalue weighted by Crippen LogP contribution is -2.33. The largest absolute Gasteiger partial charge is 0.465 e. The molecule has 2 heterocycles.